The molecule has 0 aromatic heterocycles. The molecule has 0 saturated carbocycles. The van der Waals surface area contributed by atoms with E-state index in [0.29, 0.717) is 30.3 Å². The average molecular weight is 290 g/mol. The maximum absolute atomic E-state index is 12.4. The fraction of sp³-hybridized carbons (Fsp3) is 0.929. The summed E-state index contributed by atoms with van der Waals surface area (Å²) < 4.78 is 0. The molecule has 0 aliphatic carbocycles. The second-order valence-electron chi connectivity index (χ2n) is 6.27. The third kappa shape index (κ3) is 4.62. The van der Waals surface area contributed by atoms with Crippen LogP contribution < -0.4 is 5.32 Å². The van der Waals surface area contributed by atoms with Gasteiger partial charge in [-0.3, -0.25) is 9.69 Å². The van der Waals surface area contributed by atoms with Gasteiger partial charge in [0.15, 0.2) is 0 Å². The van der Waals surface area contributed by atoms with E-state index in [9.17, 15) is 4.79 Å². The summed E-state index contributed by atoms with van der Waals surface area (Å²) in [7, 11) is 0. The molecular weight excluding hydrogens is 262 g/mol. The highest BCUT2D eigenvalue weighted by Crippen LogP contribution is 2.21. The third-order valence-corrected chi connectivity index (χ3v) is 4.20. The zero-order valence-corrected chi connectivity index (χ0v) is 13.2. The molecule has 112 valence electrons. The minimum absolute atomic E-state index is 0. The van der Waals surface area contributed by atoms with Gasteiger partial charge in [0.1, 0.15) is 0 Å². The van der Waals surface area contributed by atoms with E-state index in [1.165, 1.54) is 6.42 Å². The highest BCUT2D eigenvalue weighted by Gasteiger charge is 2.28. The number of nitrogens with one attached hydrogen (secondary N) is 1. The molecule has 4 nitrogen and oxygen atoms in total. The molecular formula is C14H28ClN3O. The smallest absolute Gasteiger partial charge is 0.236 e. The van der Waals surface area contributed by atoms with Crippen molar-refractivity contribution in [2.45, 2.75) is 33.2 Å². The van der Waals surface area contributed by atoms with Crippen molar-refractivity contribution in [3.8, 4) is 0 Å². The molecule has 3 unspecified atom stereocenters. The predicted octanol–water partition coefficient (Wildman–Crippen LogP) is 1.21. The van der Waals surface area contributed by atoms with E-state index in [0.717, 1.165) is 32.7 Å². The number of piperidine rings is 1. The number of halogens is 1. The average Bonchev–Trinajstić information content (AvgIpc) is 2.31. The van der Waals surface area contributed by atoms with Gasteiger partial charge in [-0.05, 0) is 25.2 Å². The predicted molar refractivity (Wildman–Crippen MR) is 80.7 cm³/mol. The van der Waals surface area contributed by atoms with Gasteiger partial charge in [0.25, 0.3) is 0 Å². The van der Waals surface area contributed by atoms with E-state index in [4.69, 9.17) is 0 Å². The molecule has 5 heteroatoms. The van der Waals surface area contributed by atoms with Crippen LogP contribution >= 0.6 is 12.4 Å². The molecule has 2 aliphatic heterocycles. The summed E-state index contributed by atoms with van der Waals surface area (Å²) in [5.74, 6) is 1.62. The van der Waals surface area contributed by atoms with Gasteiger partial charge in [-0.1, -0.05) is 13.8 Å². The Balaban J connectivity index is 0.00000180. The van der Waals surface area contributed by atoms with Crippen molar-refractivity contribution in [1.29, 1.82) is 0 Å². The minimum atomic E-state index is 0. The van der Waals surface area contributed by atoms with E-state index in [2.05, 4.69) is 35.9 Å². The van der Waals surface area contributed by atoms with Crippen LogP contribution in [0.5, 0.6) is 0 Å². The first-order valence-electron chi connectivity index (χ1n) is 7.28. The molecule has 0 aromatic rings. The molecule has 2 fully saturated rings. The lowest BCUT2D eigenvalue weighted by Crippen LogP contribution is -2.54. The number of likely N-dealkylation sites (tertiary alicyclic amines) is 1. The van der Waals surface area contributed by atoms with Crippen molar-refractivity contribution in [3.63, 3.8) is 0 Å². The van der Waals surface area contributed by atoms with Gasteiger partial charge in [0, 0.05) is 38.8 Å². The van der Waals surface area contributed by atoms with Crippen molar-refractivity contribution in [3.05, 3.63) is 0 Å². The third-order valence-electron chi connectivity index (χ3n) is 4.20. The summed E-state index contributed by atoms with van der Waals surface area (Å²) in [6.07, 6.45) is 1.26. The molecule has 0 aromatic carbocycles. The van der Waals surface area contributed by atoms with Crippen LogP contribution in [0.25, 0.3) is 0 Å². The number of hydrogen-bond donors (Lipinski definition) is 1. The SMILES string of the molecule is CC1CC(C)CN(C(=O)CN2CCNCC2C)C1.Cl. The van der Waals surface area contributed by atoms with Crippen molar-refractivity contribution < 1.29 is 4.79 Å². The lowest BCUT2D eigenvalue weighted by Gasteiger charge is -2.38. The summed E-state index contributed by atoms with van der Waals surface area (Å²) >= 11 is 0. The van der Waals surface area contributed by atoms with Gasteiger partial charge < -0.3 is 10.2 Å². The monoisotopic (exact) mass is 289 g/mol. The molecule has 2 saturated heterocycles. The number of nitrogens with zero attached hydrogens (tertiary/aromatic N) is 2. The number of hydrogen-bond acceptors (Lipinski definition) is 3. The summed E-state index contributed by atoms with van der Waals surface area (Å²) in [4.78, 5) is 16.8. The van der Waals surface area contributed by atoms with E-state index in [1.54, 1.807) is 0 Å². The van der Waals surface area contributed by atoms with Crippen molar-refractivity contribution in [2.24, 2.45) is 11.8 Å². The second kappa shape index (κ2) is 7.46. The number of carbonyl (C=O) groups excluding carboxylic acids is 1. The Hall–Kier alpha value is -0.320. The summed E-state index contributed by atoms with van der Waals surface area (Å²) in [6.45, 7) is 12.2. The molecule has 0 bridgehead atoms. The molecule has 1 N–H and O–H groups in total. The maximum atomic E-state index is 12.4. The number of piperazine rings is 1. The van der Waals surface area contributed by atoms with Crippen LogP contribution in [-0.4, -0.2) is 61.0 Å². The van der Waals surface area contributed by atoms with Gasteiger partial charge in [-0.25, -0.2) is 0 Å². The highest BCUT2D eigenvalue weighted by molar-refractivity contribution is 5.85. The van der Waals surface area contributed by atoms with Crippen LogP contribution in [0.1, 0.15) is 27.2 Å². The van der Waals surface area contributed by atoms with Crippen LogP contribution in [0.2, 0.25) is 0 Å². The molecule has 1 amide bonds. The first kappa shape index (κ1) is 16.7. The van der Waals surface area contributed by atoms with Crippen LogP contribution in [0, 0.1) is 11.8 Å². The van der Waals surface area contributed by atoms with Crippen LogP contribution in [0.15, 0.2) is 0 Å². The molecule has 0 radical (unpaired) electrons. The molecule has 2 heterocycles. The largest absolute Gasteiger partial charge is 0.341 e. The Morgan fingerprint density at radius 3 is 2.42 bits per heavy atom. The summed E-state index contributed by atoms with van der Waals surface area (Å²) in [6, 6.07) is 0.474. The molecule has 2 aliphatic rings. The zero-order chi connectivity index (χ0) is 13.1. The van der Waals surface area contributed by atoms with Crippen molar-refractivity contribution in [2.75, 3.05) is 39.3 Å². The molecule has 2 rings (SSSR count). The number of carbonyl (C=O) groups is 1. The quantitative estimate of drug-likeness (QED) is 0.830. The molecule has 3 atom stereocenters. The second-order valence-corrected chi connectivity index (χ2v) is 6.27. The summed E-state index contributed by atoms with van der Waals surface area (Å²) in [5.41, 5.74) is 0. The first-order valence-corrected chi connectivity index (χ1v) is 7.28. The first-order chi connectivity index (χ1) is 8.56. The lowest BCUT2D eigenvalue weighted by molar-refractivity contribution is -0.135. The van der Waals surface area contributed by atoms with Crippen LogP contribution in [0.3, 0.4) is 0 Å². The van der Waals surface area contributed by atoms with Crippen molar-refractivity contribution >= 4 is 18.3 Å². The van der Waals surface area contributed by atoms with E-state index in [1.807, 2.05) is 0 Å². The van der Waals surface area contributed by atoms with Gasteiger partial charge in [-0.2, -0.15) is 0 Å². The lowest BCUT2D eigenvalue weighted by atomic mass is 9.92. The standard InChI is InChI=1S/C14H27N3O.ClH/c1-11-6-12(2)9-17(8-11)14(18)10-16-5-4-15-7-13(16)3;/h11-13,15H,4-10H2,1-3H3;1H. The van der Waals surface area contributed by atoms with E-state index in [-0.39, 0.29) is 12.4 Å². The Morgan fingerprint density at radius 1 is 1.21 bits per heavy atom. The Bertz CT molecular complexity index is 290. The van der Waals surface area contributed by atoms with Gasteiger partial charge >= 0.3 is 0 Å². The Labute approximate surface area is 123 Å². The Morgan fingerprint density at radius 2 is 1.84 bits per heavy atom. The van der Waals surface area contributed by atoms with Gasteiger partial charge in [0.2, 0.25) is 5.91 Å². The Kier molecular flexibility index (Phi) is 6.57. The van der Waals surface area contributed by atoms with Crippen LogP contribution in [0.4, 0.5) is 0 Å². The minimum Gasteiger partial charge on any atom is -0.341 e. The normalized spacial score (nSPS) is 32.8. The number of amides is 1. The summed E-state index contributed by atoms with van der Waals surface area (Å²) in [5, 5.41) is 3.36. The fourth-order valence-electron chi connectivity index (χ4n) is 3.26. The van der Waals surface area contributed by atoms with Gasteiger partial charge in [0.05, 0.1) is 6.54 Å². The topological polar surface area (TPSA) is 35.6 Å². The van der Waals surface area contributed by atoms with Gasteiger partial charge in [-0.15, -0.1) is 12.4 Å². The molecule has 19 heavy (non-hydrogen) atoms. The van der Waals surface area contributed by atoms with E-state index >= 15 is 0 Å². The highest BCUT2D eigenvalue weighted by atomic mass is 35.5. The van der Waals surface area contributed by atoms with E-state index < -0.39 is 0 Å². The van der Waals surface area contributed by atoms with Crippen LogP contribution in [-0.2, 0) is 4.79 Å². The fourth-order valence-corrected chi connectivity index (χ4v) is 3.26. The number of rotatable bonds is 2. The zero-order valence-electron chi connectivity index (χ0n) is 12.4. The maximum Gasteiger partial charge on any atom is 0.236 e. The van der Waals surface area contributed by atoms with Crippen molar-refractivity contribution in [1.82, 2.24) is 15.1 Å². The molecule has 0 spiro atoms.